The first kappa shape index (κ1) is 19.4. The third-order valence-electron chi connectivity index (χ3n) is 3.92. The van der Waals surface area contributed by atoms with Gasteiger partial charge < -0.3 is 18.9 Å². The fraction of sp³-hybridized carbons (Fsp3) is 0.389. The van der Waals surface area contributed by atoms with E-state index < -0.39 is 13.7 Å². The SMILES string of the molecule is COc1cc(C(Cc2ccc(C)nc2)OP(C)(=O)OC)cc(C)c1O. The summed E-state index contributed by atoms with van der Waals surface area (Å²) in [4.78, 5) is 4.29. The molecule has 1 aromatic carbocycles. The molecule has 1 N–H and O–H groups in total. The number of aromatic hydroxyl groups is 1. The average molecular weight is 365 g/mol. The Kier molecular flexibility index (Phi) is 6.22. The standard InChI is InChI=1S/C18H24NO5P/c1-12-8-15(10-17(22-3)18(12)20)16(24-25(5,21)23-4)9-14-7-6-13(2)19-11-14/h6-8,10-11,16,20H,9H2,1-5H3. The van der Waals surface area contributed by atoms with Gasteiger partial charge in [-0.05, 0) is 48.7 Å². The van der Waals surface area contributed by atoms with Gasteiger partial charge in [0.2, 0.25) is 0 Å². The Hall–Kier alpha value is -1.88. The molecule has 0 aliphatic rings. The summed E-state index contributed by atoms with van der Waals surface area (Å²) in [5.74, 6) is 0.419. The normalized spacial score (nSPS) is 14.8. The molecule has 0 amide bonds. The minimum atomic E-state index is -3.22. The van der Waals surface area contributed by atoms with Crippen LogP contribution in [0.3, 0.4) is 0 Å². The summed E-state index contributed by atoms with van der Waals surface area (Å²) in [6, 6.07) is 7.34. The molecule has 2 aromatic rings. The van der Waals surface area contributed by atoms with Gasteiger partial charge in [-0.2, -0.15) is 0 Å². The van der Waals surface area contributed by atoms with Crippen LogP contribution < -0.4 is 4.74 Å². The van der Waals surface area contributed by atoms with E-state index in [0.717, 1.165) is 16.8 Å². The molecule has 0 spiro atoms. The summed E-state index contributed by atoms with van der Waals surface area (Å²) >= 11 is 0. The zero-order chi connectivity index (χ0) is 18.6. The van der Waals surface area contributed by atoms with Gasteiger partial charge in [-0.3, -0.25) is 9.55 Å². The number of methoxy groups -OCH3 is 1. The van der Waals surface area contributed by atoms with E-state index in [0.29, 0.717) is 17.7 Å². The van der Waals surface area contributed by atoms with Crippen LogP contribution in [0.25, 0.3) is 0 Å². The van der Waals surface area contributed by atoms with Gasteiger partial charge in [-0.25, -0.2) is 0 Å². The van der Waals surface area contributed by atoms with Crippen LogP contribution >= 0.6 is 7.60 Å². The van der Waals surface area contributed by atoms with Crippen molar-refractivity contribution in [2.45, 2.75) is 26.4 Å². The van der Waals surface area contributed by atoms with E-state index in [1.807, 2.05) is 19.1 Å². The average Bonchev–Trinajstić information content (AvgIpc) is 2.58. The van der Waals surface area contributed by atoms with Gasteiger partial charge in [0, 0.05) is 32.1 Å². The molecule has 136 valence electrons. The van der Waals surface area contributed by atoms with Crippen molar-refractivity contribution in [3.05, 3.63) is 52.8 Å². The van der Waals surface area contributed by atoms with Crippen molar-refractivity contribution in [3.63, 3.8) is 0 Å². The molecule has 1 aromatic heterocycles. The minimum Gasteiger partial charge on any atom is -0.504 e. The van der Waals surface area contributed by atoms with Gasteiger partial charge >= 0.3 is 7.60 Å². The largest absolute Gasteiger partial charge is 0.504 e. The zero-order valence-corrected chi connectivity index (χ0v) is 16.0. The maximum absolute atomic E-state index is 12.4. The van der Waals surface area contributed by atoms with Crippen molar-refractivity contribution in [1.82, 2.24) is 4.98 Å². The highest BCUT2D eigenvalue weighted by atomic mass is 31.2. The van der Waals surface area contributed by atoms with E-state index in [9.17, 15) is 9.67 Å². The summed E-state index contributed by atoms with van der Waals surface area (Å²) in [6.07, 6.45) is 1.69. The van der Waals surface area contributed by atoms with Crippen molar-refractivity contribution >= 4 is 7.60 Å². The maximum Gasteiger partial charge on any atom is 0.327 e. The molecular weight excluding hydrogens is 341 g/mol. The summed E-state index contributed by atoms with van der Waals surface area (Å²) in [5.41, 5.74) is 3.25. The number of nitrogens with zero attached hydrogens (tertiary/aromatic N) is 1. The lowest BCUT2D eigenvalue weighted by Crippen LogP contribution is -2.08. The van der Waals surface area contributed by atoms with Crippen molar-refractivity contribution in [2.75, 3.05) is 20.9 Å². The summed E-state index contributed by atoms with van der Waals surface area (Å²) in [7, 11) is -0.377. The number of phenols is 1. The predicted octanol–water partition coefficient (Wildman–Crippen LogP) is 4.18. The second-order valence-electron chi connectivity index (χ2n) is 5.95. The molecule has 0 aliphatic heterocycles. The molecule has 0 aliphatic carbocycles. The van der Waals surface area contributed by atoms with Crippen LogP contribution in [-0.4, -0.2) is 31.0 Å². The number of aryl methyl sites for hydroxylation is 2. The second-order valence-corrected chi connectivity index (χ2v) is 8.07. The van der Waals surface area contributed by atoms with Crippen LogP contribution in [-0.2, 0) is 20.0 Å². The van der Waals surface area contributed by atoms with Crippen LogP contribution in [0.2, 0.25) is 0 Å². The number of hydrogen-bond donors (Lipinski definition) is 1. The Morgan fingerprint density at radius 2 is 1.96 bits per heavy atom. The molecule has 0 fully saturated rings. The molecule has 7 heteroatoms. The summed E-state index contributed by atoms with van der Waals surface area (Å²) in [6.45, 7) is 5.11. The van der Waals surface area contributed by atoms with Crippen LogP contribution in [0.1, 0.15) is 28.5 Å². The second kappa shape index (κ2) is 8.00. The Balaban J connectivity index is 2.42. The van der Waals surface area contributed by atoms with Crippen LogP contribution in [0.15, 0.2) is 30.5 Å². The Morgan fingerprint density at radius 1 is 1.24 bits per heavy atom. The minimum absolute atomic E-state index is 0.0772. The van der Waals surface area contributed by atoms with E-state index in [4.69, 9.17) is 13.8 Å². The van der Waals surface area contributed by atoms with Gasteiger partial charge in [0.25, 0.3) is 0 Å². The molecular formula is C18H24NO5P. The highest BCUT2D eigenvalue weighted by Crippen LogP contribution is 2.49. The predicted molar refractivity (Wildman–Crippen MR) is 96.4 cm³/mol. The quantitative estimate of drug-likeness (QED) is 0.742. The number of benzene rings is 1. The molecule has 0 saturated heterocycles. The number of pyridine rings is 1. The van der Waals surface area contributed by atoms with Crippen LogP contribution in [0.4, 0.5) is 0 Å². The molecule has 0 bridgehead atoms. The molecule has 25 heavy (non-hydrogen) atoms. The Bertz CT molecular complexity index is 776. The van der Waals surface area contributed by atoms with E-state index in [1.165, 1.54) is 20.9 Å². The van der Waals surface area contributed by atoms with Gasteiger partial charge in [0.1, 0.15) is 0 Å². The fourth-order valence-corrected chi connectivity index (χ4v) is 3.18. The molecule has 0 radical (unpaired) electrons. The van der Waals surface area contributed by atoms with E-state index in [1.54, 1.807) is 25.3 Å². The first-order chi connectivity index (χ1) is 11.8. The monoisotopic (exact) mass is 365 g/mol. The van der Waals surface area contributed by atoms with Gasteiger partial charge in [-0.1, -0.05) is 6.07 Å². The van der Waals surface area contributed by atoms with Crippen molar-refractivity contribution in [1.29, 1.82) is 0 Å². The number of phenolic OH excluding ortho intramolecular Hbond substituents is 1. The molecule has 0 saturated carbocycles. The molecule has 6 nitrogen and oxygen atoms in total. The van der Waals surface area contributed by atoms with Gasteiger partial charge in [-0.15, -0.1) is 0 Å². The maximum atomic E-state index is 12.4. The first-order valence-electron chi connectivity index (χ1n) is 7.86. The fourth-order valence-electron chi connectivity index (χ4n) is 2.44. The molecule has 2 rings (SSSR count). The first-order valence-corrected chi connectivity index (χ1v) is 9.85. The van der Waals surface area contributed by atoms with E-state index in [2.05, 4.69) is 4.98 Å². The summed E-state index contributed by atoms with van der Waals surface area (Å²) < 4.78 is 28.4. The number of hydrogen-bond acceptors (Lipinski definition) is 6. The lowest BCUT2D eigenvalue weighted by atomic mass is 10.00. The Morgan fingerprint density at radius 3 is 2.52 bits per heavy atom. The lowest BCUT2D eigenvalue weighted by molar-refractivity contribution is 0.165. The van der Waals surface area contributed by atoms with E-state index >= 15 is 0 Å². The Labute approximate surface area is 148 Å². The number of ether oxygens (including phenoxy) is 1. The highest BCUT2D eigenvalue weighted by molar-refractivity contribution is 7.52. The highest BCUT2D eigenvalue weighted by Gasteiger charge is 2.25. The smallest absolute Gasteiger partial charge is 0.327 e. The molecule has 2 unspecified atom stereocenters. The summed E-state index contributed by atoms with van der Waals surface area (Å²) in [5, 5.41) is 10.0. The zero-order valence-electron chi connectivity index (χ0n) is 15.1. The lowest BCUT2D eigenvalue weighted by Gasteiger charge is -2.23. The number of aromatic nitrogens is 1. The third-order valence-corrected chi connectivity index (χ3v) is 5.22. The number of rotatable bonds is 7. The third kappa shape index (κ3) is 5.05. The van der Waals surface area contributed by atoms with Crippen molar-refractivity contribution < 1.29 is 23.5 Å². The van der Waals surface area contributed by atoms with Crippen LogP contribution in [0, 0.1) is 13.8 Å². The van der Waals surface area contributed by atoms with Crippen LogP contribution in [0.5, 0.6) is 11.5 Å². The van der Waals surface area contributed by atoms with Gasteiger partial charge in [0.05, 0.1) is 13.2 Å². The molecule has 1 heterocycles. The van der Waals surface area contributed by atoms with E-state index in [-0.39, 0.29) is 5.75 Å². The van der Waals surface area contributed by atoms with Gasteiger partial charge in [0.15, 0.2) is 11.5 Å². The topological polar surface area (TPSA) is 77.9 Å². The van der Waals surface area contributed by atoms with Crippen molar-refractivity contribution in [3.8, 4) is 11.5 Å². The molecule has 2 atom stereocenters. The van der Waals surface area contributed by atoms with Crippen molar-refractivity contribution in [2.24, 2.45) is 0 Å².